The Bertz CT molecular complexity index is 203. The van der Waals surface area contributed by atoms with Gasteiger partial charge >= 0.3 is 0 Å². The fraction of sp³-hybridized carbons (Fsp3) is 1.00. The van der Waals surface area contributed by atoms with E-state index >= 15 is 0 Å². The van der Waals surface area contributed by atoms with Crippen molar-refractivity contribution in [3.05, 3.63) is 0 Å². The van der Waals surface area contributed by atoms with Crippen LogP contribution in [-0.2, 0) is 18.9 Å². The highest BCUT2D eigenvalue weighted by Gasteiger charge is 2.22. The SMILES string of the molecule is C(CCCCCOCC1CO1)CCCCOCC1CO1. The fourth-order valence-electron chi connectivity index (χ4n) is 2.23. The van der Waals surface area contributed by atoms with Crippen molar-refractivity contribution in [3.8, 4) is 0 Å². The zero-order chi connectivity index (χ0) is 13.9. The van der Waals surface area contributed by atoms with Crippen molar-refractivity contribution in [1.82, 2.24) is 0 Å². The molecule has 4 nitrogen and oxygen atoms in total. The molecule has 0 bridgehead atoms. The zero-order valence-corrected chi connectivity index (χ0v) is 12.7. The quantitative estimate of drug-likeness (QED) is 0.343. The molecule has 0 aliphatic carbocycles. The van der Waals surface area contributed by atoms with E-state index < -0.39 is 0 Å². The average molecular weight is 286 g/mol. The molecule has 0 amide bonds. The summed E-state index contributed by atoms with van der Waals surface area (Å²) >= 11 is 0. The molecule has 2 aliphatic rings. The standard InChI is InChI=1S/C16H30O4/c1(3-5-7-9-17-11-15-13-19-15)2-4-6-8-10-18-12-16-14-20-16/h15-16H,1-14H2. The smallest absolute Gasteiger partial charge is 0.104 e. The molecule has 0 aromatic heterocycles. The van der Waals surface area contributed by atoms with Crippen LogP contribution in [0, 0.1) is 0 Å². The molecule has 0 N–H and O–H groups in total. The summed E-state index contributed by atoms with van der Waals surface area (Å²) in [5.74, 6) is 0. The second-order valence-corrected chi connectivity index (χ2v) is 5.89. The van der Waals surface area contributed by atoms with Crippen LogP contribution < -0.4 is 0 Å². The first-order valence-corrected chi connectivity index (χ1v) is 8.34. The highest BCUT2D eigenvalue weighted by Crippen LogP contribution is 2.12. The van der Waals surface area contributed by atoms with Crippen molar-refractivity contribution in [2.75, 3.05) is 39.6 Å². The number of unbranched alkanes of at least 4 members (excludes halogenated alkanes) is 7. The first-order chi connectivity index (χ1) is 9.95. The molecule has 0 saturated carbocycles. The largest absolute Gasteiger partial charge is 0.379 e. The summed E-state index contributed by atoms with van der Waals surface area (Å²) in [6.07, 6.45) is 11.2. The highest BCUT2D eigenvalue weighted by atomic mass is 16.6. The molecule has 2 rings (SSSR count). The lowest BCUT2D eigenvalue weighted by atomic mass is 10.1. The lowest BCUT2D eigenvalue weighted by molar-refractivity contribution is 0.112. The summed E-state index contributed by atoms with van der Waals surface area (Å²) < 4.78 is 21.2. The van der Waals surface area contributed by atoms with Gasteiger partial charge in [0.15, 0.2) is 0 Å². The van der Waals surface area contributed by atoms with E-state index in [0.29, 0.717) is 12.2 Å². The van der Waals surface area contributed by atoms with Gasteiger partial charge in [0, 0.05) is 13.2 Å². The van der Waals surface area contributed by atoms with Gasteiger partial charge in [-0.05, 0) is 12.8 Å². The Labute approximate surface area is 123 Å². The Morgan fingerprint density at radius 3 is 1.30 bits per heavy atom. The number of epoxide rings is 2. The minimum Gasteiger partial charge on any atom is -0.379 e. The van der Waals surface area contributed by atoms with Gasteiger partial charge in [-0.2, -0.15) is 0 Å². The molecule has 2 unspecified atom stereocenters. The van der Waals surface area contributed by atoms with Crippen LogP contribution in [0.4, 0.5) is 0 Å². The molecular formula is C16H30O4. The van der Waals surface area contributed by atoms with Gasteiger partial charge in [-0.3, -0.25) is 0 Å². The zero-order valence-electron chi connectivity index (χ0n) is 12.7. The van der Waals surface area contributed by atoms with Crippen molar-refractivity contribution >= 4 is 0 Å². The van der Waals surface area contributed by atoms with E-state index in [0.717, 1.165) is 39.6 Å². The van der Waals surface area contributed by atoms with Gasteiger partial charge in [-0.1, -0.05) is 38.5 Å². The van der Waals surface area contributed by atoms with Crippen LogP contribution in [0.1, 0.15) is 51.4 Å². The van der Waals surface area contributed by atoms with E-state index in [1.165, 1.54) is 51.4 Å². The first-order valence-electron chi connectivity index (χ1n) is 8.34. The van der Waals surface area contributed by atoms with E-state index in [9.17, 15) is 0 Å². The summed E-state index contributed by atoms with van der Waals surface area (Å²) in [4.78, 5) is 0. The van der Waals surface area contributed by atoms with Crippen LogP contribution in [0.25, 0.3) is 0 Å². The highest BCUT2D eigenvalue weighted by molar-refractivity contribution is 4.67. The molecule has 0 aromatic rings. The summed E-state index contributed by atoms with van der Waals surface area (Å²) in [7, 11) is 0. The van der Waals surface area contributed by atoms with E-state index in [2.05, 4.69) is 0 Å². The molecule has 118 valence electrons. The molecule has 2 aliphatic heterocycles. The normalized spacial score (nSPS) is 24.0. The summed E-state index contributed by atoms with van der Waals surface area (Å²) in [5.41, 5.74) is 0. The number of ether oxygens (including phenoxy) is 4. The predicted octanol–water partition coefficient (Wildman–Crippen LogP) is 2.94. The Balaban J connectivity index is 1.17. The number of hydrogen-bond acceptors (Lipinski definition) is 4. The van der Waals surface area contributed by atoms with E-state index in [1.807, 2.05) is 0 Å². The van der Waals surface area contributed by atoms with Gasteiger partial charge in [-0.15, -0.1) is 0 Å². The maximum absolute atomic E-state index is 5.51. The molecule has 2 saturated heterocycles. The lowest BCUT2D eigenvalue weighted by Crippen LogP contribution is -2.02. The average Bonchev–Trinajstić information content (AvgIpc) is 3.34. The van der Waals surface area contributed by atoms with Crippen molar-refractivity contribution < 1.29 is 18.9 Å². The monoisotopic (exact) mass is 286 g/mol. The molecule has 0 spiro atoms. The van der Waals surface area contributed by atoms with Gasteiger partial charge in [0.25, 0.3) is 0 Å². The Morgan fingerprint density at radius 2 is 0.950 bits per heavy atom. The van der Waals surface area contributed by atoms with Gasteiger partial charge in [0.05, 0.1) is 26.4 Å². The second-order valence-electron chi connectivity index (χ2n) is 5.89. The molecule has 2 atom stereocenters. The molecule has 2 heterocycles. The maximum atomic E-state index is 5.51. The minimum atomic E-state index is 0.413. The van der Waals surface area contributed by atoms with Crippen molar-refractivity contribution in [3.63, 3.8) is 0 Å². The Kier molecular flexibility index (Phi) is 8.55. The molecule has 0 aromatic carbocycles. The fourth-order valence-corrected chi connectivity index (χ4v) is 2.23. The van der Waals surface area contributed by atoms with Crippen LogP contribution in [0.15, 0.2) is 0 Å². The molecule has 4 heteroatoms. The van der Waals surface area contributed by atoms with Crippen molar-refractivity contribution in [2.24, 2.45) is 0 Å². The van der Waals surface area contributed by atoms with Crippen LogP contribution in [0.5, 0.6) is 0 Å². The third-order valence-corrected chi connectivity index (χ3v) is 3.74. The van der Waals surface area contributed by atoms with Crippen molar-refractivity contribution in [2.45, 2.75) is 63.6 Å². The summed E-state index contributed by atoms with van der Waals surface area (Å²) in [6, 6.07) is 0. The van der Waals surface area contributed by atoms with E-state index in [1.54, 1.807) is 0 Å². The van der Waals surface area contributed by atoms with Gasteiger partial charge in [-0.25, -0.2) is 0 Å². The number of rotatable bonds is 15. The third-order valence-electron chi connectivity index (χ3n) is 3.74. The Morgan fingerprint density at radius 1 is 0.600 bits per heavy atom. The maximum Gasteiger partial charge on any atom is 0.104 e. The molecule has 2 fully saturated rings. The van der Waals surface area contributed by atoms with Gasteiger partial charge in [0.2, 0.25) is 0 Å². The topological polar surface area (TPSA) is 43.5 Å². The second kappa shape index (κ2) is 10.6. The van der Waals surface area contributed by atoms with Gasteiger partial charge < -0.3 is 18.9 Å². The molecule has 20 heavy (non-hydrogen) atoms. The molecular weight excluding hydrogens is 256 g/mol. The lowest BCUT2D eigenvalue weighted by Gasteiger charge is -2.04. The first kappa shape index (κ1) is 16.2. The summed E-state index contributed by atoms with van der Waals surface area (Å²) in [6.45, 7) is 5.21. The Hall–Kier alpha value is -0.160. The number of hydrogen-bond donors (Lipinski definition) is 0. The minimum absolute atomic E-state index is 0.413. The predicted molar refractivity (Wildman–Crippen MR) is 78.1 cm³/mol. The van der Waals surface area contributed by atoms with Crippen LogP contribution in [0.2, 0.25) is 0 Å². The molecule has 0 radical (unpaired) electrons. The van der Waals surface area contributed by atoms with Crippen LogP contribution in [0.3, 0.4) is 0 Å². The van der Waals surface area contributed by atoms with E-state index in [-0.39, 0.29) is 0 Å². The third kappa shape index (κ3) is 9.70. The summed E-state index contributed by atoms with van der Waals surface area (Å²) in [5, 5.41) is 0. The van der Waals surface area contributed by atoms with E-state index in [4.69, 9.17) is 18.9 Å². The van der Waals surface area contributed by atoms with Gasteiger partial charge in [0.1, 0.15) is 12.2 Å². The van der Waals surface area contributed by atoms with Crippen molar-refractivity contribution in [1.29, 1.82) is 0 Å². The van der Waals surface area contributed by atoms with Crippen LogP contribution >= 0.6 is 0 Å². The van der Waals surface area contributed by atoms with Crippen LogP contribution in [-0.4, -0.2) is 51.8 Å².